The van der Waals surface area contributed by atoms with Gasteiger partial charge in [0.15, 0.2) is 0 Å². The topological polar surface area (TPSA) is 61.2 Å². The van der Waals surface area contributed by atoms with E-state index >= 15 is 0 Å². The molecule has 0 bridgehead atoms. The number of oxime groups is 1. The quantitative estimate of drug-likeness (QED) is 0.381. The molecular weight excluding hydrogens is 468 g/mol. The van der Waals surface area contributed by atoms with Gasteiger partial charge in [-0.2, -0.15) is 0 Å². The van der Waals surface area contributed by atoms with Crippen molar-refractivity contribution in [3.05, 3.63) is 94.7 Å². The first-order chi connectivity index (χ1) is 15.7. The fraction of sp³-hybridized carbons (Fsp3) is 0.280. The molecule has 0 radical (unpaired) electrons. The number of aliphatic hydroxyl groups excluding tert-OH is 1. The normalized spacial score (nSPS) is 16.1. The lowest BCUT2D eigenvalue weighted by Gasteiger charge is -2.36. The van der Waals surface area contributed by atoms with Gasteiger partial charge in [0.1, 0.15) is 18.4 Å². The van der Waals surface area contributed by atoms with Gasteiger partial charge >= 0.3 is 0 Å². The fourth-order valence-electron chi connectivity index (χ4n) is 3.75. The molecule has 1 unspecified atom stereocenters. The van der Waals surface area contributed by atoms with Gasteiger partial charge < -0.3 is 14.8 Å². The molecule has 6 nitrogen and oxygen atoms in total. The van der Waals surface area contributed by atoms with Gasteiger partial charge in [-0.05, 0) is 36.4 Å². The number of aromatic nitrogens is 1. The van der Waals surface area contributed by atoms with Gasteiger partial charge in [-0.15, -0.1) is 0 Å². The molecule has 0 aliphatic carbocycles. The first-order valence-electron chi connectivity index (χ1n) is 10.8. The average molecular weight is 495 g/mol. The first-order valence-corrected chi connectivity index (χ1v) is 11.5. The molecule has 1 atom stereocenters. The summed E-state index contributed by atoms with van der Waals surface area (Å²) >= 11 is 3.46. The van der Waals surface area contributed by atoms with Crippen LogP contribution in [-0.2, 0) is 4.84 Å². The number of aliphatic hydroxyl groups is 1. The van der Waals surface area contributed by atoms with E-state index in [-0.39, 0.29) is 6.61 Å². The third kappa shape index (κ3) is 6.16. The molecule has 7 heteroatoms. The minimum absolute atomic E-state index is 0.138. The van der Waals surface area contributed by atoms with Crippen LogP contribution in [0.1, 0.15) is 11.1 Å². The molecule has 2 aromatic carbocycles. The zero-order chi connectivity index (χ0) is 22.2. The molecule has 1 aliphatic rings. The number of piperazine rings is 1. The van der Waals surface area contributed by atoms with Gasteiger partial charge in [0.2, 0.25) is 0 Å². The summed E-state index contributed by atoms with van der Waals surface area (Å²) in [4.78, 5) is 14.4. The molecule has 0 spiro atoms. The monoisotopic (exact) mass is 494 g/mol. The number of pyridine rings is 1. The number of rotatable bonds is 8. The minimum atomic E-state index is -0.609. The summed E-state index contributed by atoms with van der Waals surface area (Å²) in [6, 6.07) is 22.1. The van der Waals surface area contributed by atoms with Crippen LogP contribution in [0.2, 0.25) is 0 Å². The maximum atomic E-state index is 10.5. The predicted octanol–water partition coefficient (Wildman–Crippen LogP) is 3.80. The van der Waals surface area contributed by atoms with Crippen LogP contribution >= 0.6 is 15.9 Å². The molecule has 0 saturated carbocycles. The third-order valence-electron chi connectivity index (χ3n) is 5.44. The lowest BCUT2D eigenvalue weighted by atomic mass is 10.0. The Kier molecular flexibility index (Phi) is 7.87. The average Bonchev–Trinajstić information content (AvgIpc) is 2.84. The zero-order valence-corrected chi connectivity index (χ0v) is 19.4. The van der Waals surface area contributed by atoms with Crippen LogP contribution in [0.25, 0.3) is 0 Å². The lowest BCUT2D eigenvalue weighted by Crippen LogP contribution is -2.49. The fourth-order valence-corrected chi connectivity index (χ4v) is 4.01. The highest BCUT2D eigenvalue weighted by Crippen LogP contribution is 2.17. The van der Waals surface area contributed by atoms with Crippen LogP contribution in [0.3, 0.4) is 0 Å². The van der Waals surface area contributed by atoms with E-state index in [0.29, 0.717) is 12.3 Å². The Morgan fingerprint density at radius 3 is 2.41 bits per heavy atom. The predicted molar refractivity (Wildman–Crippen MR) is 131 cm³/mol. The Balaban J connectivity index is 1.31. The highest BCUT2D eigenvalue weighted by atomic mass is 79.9. The molecule has 32 heavy (non-hydrogen) atoms. The van der Waals surface area contributed by atoms with Crippen molar-refractivity contribution in [2.45, 2.75) is 6.10 Å². The summed E-state index contributed by atoms with van der Waals surface area (Å²) < 4.78 is 0.996. The van der Waals surface area contributed by atoms with Crippen LogP contribution < -0.4 is 4.90 Å². The number of para-hydroxylation sites is 1. The Hall–Kier alpha value is -2.74. The molecule has 1 saturated heterocycles. The lowest BCUT2D eigenvalue weighted by molar-refractivity contribution is 0.0182. The first kappa shape index (κ1) is 22.5. The molecular formula is C25H27BrN4O2. The van der Waals surface area contributed by atoms with Crippen LogP contribution in [0.15, 0.2) is 88.8 Å². The Morgan fingerprint density at radius 2 is 1.72 bits per heavy atom. The van der Waals surface area contributed by atoms with Crippen molar-refractivity contribution in [2.75, 3.05) is 44.2 Å². The minimum Gasteiger partial charge on any atom is -0.392 e. The summed E-state index contributed by atoms with van der Waals surface area (Å²) in [5.74, 6) is 0. The SMILES string of the molecule is OC(CO/N=C(\c1ccc(Br)cc1)c1cccnc1)CN1CCN(c2ccccc2)CC1. The van der Waals surface area contributed by atoms with Crippen molar-refractivity contribution in [1.29, 1.82) is 0 Å². The van der Waals surface area contributed by atoms with Gasteiger partial charge in [-0.25, -0.2) is 0 Å². The molecule has 166 valence electrons. The second kappa shape index (κ2) is 11.2. The van der Waals surface area contributed by atoms with Crippen LogP contribution in [0.4, 0.5) is 5.69 Å². The smallest absolute Gasteiger partial charge is 0.144 e. The molecule has 1 fully saturated rings. The molecule has 3 aromatic rings. The zero-order valence-electron chi connectivity index (χ0n) is 17.8. The molecule has 0 amide bonds. The van der Waals surface area contributed by atoms with E-state index in [1.165, 1.54) is 5.69 Å². The van der Waals surface area contributed by atoms with E-state index in [9.17, 15) is 5.11 Å². The van der Waals surface area contributed by atoms with Crippen molar-refractivity contribution in [2.24, 2.45) is 5.16 Å². The van der Waals surface area contributed by atoms with Gasteiger partial charge in [-0.1, -0.05) is 51.4 Å². The van der Waals surface area contributed by atoms with E-state index < -0.39 is 6.10 Å². The molecule has 1 aliphatic heterocycles. The highest BCUT2D eigenvalue weighted by molar-refractivity contribution is 9.10. The summed E-state index contributed by atoms with van der Waals surface area (Å²) in [6.45, 7) is 4.43. The Morgan fingerprint density at radius 1 is 0.969 bits per heavy atom. The maximum absolute atomic E-state index is 10.5. The van der Waals surface area contributed by atoms with Crippen molar-refractivity contribution in [3.8, 4) is 0 Å². The molecule has 2 heterocycles. The number of hydrogen-bond acceptors (Lipinski definition) is 6. The van der Waals surface area contributed by atoms with E-state index in [2.05, 4.69) is 60.1 Å². The van der Waals surface area contributed by atoms with Gasteiger partial charge in [-0.3, -0.25) is 9.88 Å². The van der Waals surface area contributed by atoms with E-state index in [4.69, 9.17) is 4.84 Å². The summed E-state index contributed by atoms with van der Waals surface area (Å²) in [5, 5.41) is 14.9. The van der Waals surface area contributed by atoms with Crippen molar-refractivity contribution in [3.63, 3.8) is 0 Å². The number of β-amino-alcohol motifs (C(OH)–C–C–N with tert-alkyl or cyclic N) is 1. The molecule has 1 N–H and O–H groups in total. The number of halogens is 1. The Bertz CT molecular complexity index is 991. The largest absolute Gasteiger partial charge is 0.392 e. The summed E-state index contributed by atoms with van der Waals surface area (Å²) in [7, 11) is 0. The van der Waals surface area contributed by atoms with Gasteiger partial charge in [0.05, 0.1) is 0 Å². The van der Waals surface area contributed by atoms with E-state index in [1.807, 2.05) is 42.5 Å². The van der Waals surface area contributed by atoms with E-state index in [1.54, 1.807) is 12.4 Å². The number of benzene rings is 2. The summed E-state index contributed by atoms with van der Waals surface area (Å²) in [6.07, 6.45) is 2.87. The number of anilines is 1. The van der Waals surface area contributed by atoms with Crippen molar-refractivity contribution >= 4 is 27.3 Å². The maximum Gasteiger partial charge on any atom is 0.144 e. The number of nitrogens with zero attached hydrogens (tertiary/aromatic N) is 4. The number of hydrogen-bond donors (Lipinski definition) is 1. The second-order valence-corrected chi connectivity index (χ2v) is 8.68. The van der Waals surface area contributed by atoms with Gasteiger partial charge in [0.25, 0.3) is 0 Å². The van der Waals surface area contributed by atoms with Crippen molar-refractivity contribution < 1.29 is 9.94 Å². The third-order valence-corrected chi connectivity index (χ3v) is 5.97. The van der Waals surface area contributed by atoms with Crippen molar-refractivity contribution in [1.82, 2.24) is 9.88 Å². The summed E-state index contributed by atoms with van der Waals surface area (Å²) in [5.41, 5.74) is 3.73. The van der Waals surface area contributed by atoms with Crippen LogP contribution in [0.5, 0.6) is 0 Å². The molecule has 4 rings (SSSR count). The highest BCUT2D eigenvalue weighted by Gasteiger charge is 2.20. The van der Waals surface area contributed by atoms with Crippen LogP contribution in [0, 0.1) is 0 Å². The van der Waals surface area contributed by atoms with Crippen LogP contribution in [-0.4, -0.2) is 66.1 Å². The van der Waals surface area contributed by atoms with Gasteiger partial charge in [0, 0.05) is 66.4 Å². The molecule has 1 aromatic heterocycles. The Labute approximate surface area is 197 Å². The second-order valence-electron chi connectivity index (χ2n) is 7.76. The standard InChI is InChI=1S/C25H27BrN4O2/c26-22-10-8-20(9-11-22)25(21-5-4-12-27-17-21)28-32-19-24(31)18-29-13-15-30(16-14-29)23-6-2-1-3-7-23/h1-12,17,24,31H,13-16,18-19H2/b28-25+. The van der Waals surface area contributed by atoms with E-state index in [0.717, 1.165) is 41.8 Å².